The molecule has 1 atom stereocenters. The Labute approximate surface area is 113 Å². The Morgan fingerprint density at radius 3 is 2.74 bits per heavy atom. The van der Waals surface area contributed by atoms with Crippen molar-refractivity contribution in [2.45, 2.75) is 13.0 Å². The molecule has 98 valence electrons. The molecule has 2 aromatic rings. The van der Waals surface area contributed by atoms with Gasteiger partial charge in [0.1, 0.15) is 6.20 Å². The van der Waals surface area contributed by atoms with E-state index in [0.717, 1.165) is 11.8 Å². The van der Waals surface area contributed by atoms with Crippen LogP contribution in [-0.4, -0.2) is 19.9 Å². The predicted molar refractivity (Wildman–Crippen MR) is 70.0 cm³/mol. The third-order valence-electron chi connectivity index (χ3n) is 2.50. The van der Waals surface area contributed by atoms with Gasteiger partial charge in [0, 0.05) is 12.4 Å². The van der Waals surface area contributed by atoms with Gasteiger partial charge >= 0.3 is 5.69 Å². The number of nitrogens with zero attached hydrogens (tertiary/aromatic N) is 4. The van der Waals surface area contributed by atoms with Crippen molar-refractivity contribution >= 4 is 23.1 Å². The van der Waals surface area contributed by atoms with E-state index >= 15 is 0 Å². The number of aromatic nitrogens is 3. The molecule has 0 aromatic carbocycles. The number of rotatable bonds is 4. The second-order valence-corrected chi connectivity index (χ2v) is 4.11. The summed E-state index contributed by atoms with van der Waals surface area (Å²) in [4.78, 5) is 21.7. The number of nitrogens with one attached hydrogen (secondary N) is 1. The minimum absolute atomic E-state index is 0.0463. The average Bonchev–Trinajstić information content (AvgIpc) is 2.39. The summed E-state index contributed by atoms with van der Waals surface area (Å²) in [7, 11) is 0. The lowest BCUT2D eigenvalue weighted by atomic mass is 10.1. The van der Waals surface area contributed by atoms with E-state index in [1.807, 2.05) is 19.1 Å². The molecule has 0 radical (unpaired) electrons. The highest BCUT2D eigenvalue weighted by molar-refractivity contribution is 6.28. The number of pyridine rings is 1. The largest absolute Gasteiger partial charge is 0.358 e. The molecule has 0 saturated carbocycles. The Hall–Kier alpha value is -2.28. The zero-order valence-electron chi connectivity index (χ0n) is 9.95. The first-order valence-electron chi connectivity index (χ1n) is 5.41. The molecule has 1 N–H and O–H groups in total. The van der Waals surface area contributed by atoms with Crippen LogP contribution in [0.1, 0.15) is 18.5 Å². The van der Waals surface area contributed by atoms with Gasteiger partial charge in [-0.3, -0.25) is 15.1 Å². The lowest BCUT2D eigenvalue weighted by Crippen LogP contribution is -2.10. The van der Waals surface area contributed by atoms with Gasteiger partial charge in [-0.05, 0) is 36.2 Å². The molecular weight excluding hydrogens is 270 g/mol. The molecule has 0 aliphatic heterocycles. The van der Waals surface area contributed by atoms with E-state index in [4.69, 9.17) is 11.6 Å². The summed E-state index contributed by atoms with van der Waals surface area (Å²) < 4.78 is 0. The highest BCUT2D eigenvalue weighted by atomic mass is 35.5. The molecule has 19 heavy (non-hydrogen) atoms. The Morgan fingerprint density at radius 2 is 2.11 bits per heavy atom. The maximum atomic E-state index is 10.9. The standard InChI is InChI=1S/C11H10ClN5O2/c1-7(8-2-4-13-5-3-8)15-10-9(17(18)19)6-14-11(12)16-10/h2-7H,1H3,(H,14,15,16). The lowest BCUT2D eigenvalue weighted by Gasteiger charge is -2.14. The Balaban J connectivity index is 2.28. The fourth-order valence-electron chi connectivity index (χ4n) is 1.53. The molecular formula is C11H10ClN5O2. The maximum Gasteiger partial charge on any atom is 0.329 e. The summed E-state index contributed by atoms with van der Waals surface area (Å²) in [6.45, 7) is 1.86. The number of anilines is 1. The molecule has 1 unspecified atom stereocenters. The van der Waals surface area contributed by atoms with Crippen LogP contribution < -0.4 is 5.32 Å². The van der Waals surface area contributed by atoms with Crippen molar-refractivity contribution in [3.63, 3.8) is 0 Å². The summed E-state index contributed by atoms with van der Waals surface area (Å²) in [6.07, 6.45) is 4.38. The molecule has 2 aromatic heterocycles. The molecule has 0 aliphatic rings. The van der Waals surface area contributed by atoms with Gasteiger partial charge < -0.3 is 5.32 Å². The van der Waals surface area contributed by atoms with Gasteiger partial charge in [0.15, 0.2) is 0 Å². The quantitative estimate of drug-likeness (QED) is 0.525. The molecule has 2 heterocycles. The van der Waals surface area contributed by atoms with Crippen molar-refractivity contribution in [2.75, 3.05) is 5.32 Å². The van der Waals surface area contributed by atoms with Gasteiger partial charge in [-0.1, -0.05) is 0 Å². The van der Waals surface area contributed by atoms with E-state index in [9.17, 15) is 10.1 Å². The fourth-order valence-corrected chi connectivity index (χ4v) is 1.67. The van der Waals surface area contributed by atoms with E-state index in [0.29, 0.717) is 0 Å². The van der Waals surface area contributed by atoms with Crippen LogP contribution in [0, 0.1) is 10.1 Å². The first-order valence-corrected chi connectivity index (χ1v) is 5.79. The van der Waals surface area contributed by atoms with Crippen molar-refractivity contribution in [2.24, 2.45) is 0 Å². The highest BCUT2D eigenvalue weighted by Crippen LogP contribution is 2.26. The summed E-state index contributed by atoms with van der Waals surface area (Å²) in [5.74, 6) is 0.0920. The summed E-state index contributed by atoms with van der Waals surface area (Å²) in [6, 6.07) is 3.45. The summed E-state index contributed by atoms with van der Waals surface area (Å²) in [5.41, 5.74) is 0.712. The Kier molecular flexibility index (Phi) is 3.86. The molecule has 8 heteroatoms. The van der Waals surface area contributed by atoms with Crippen molar-refractivity contribution in [3.05, 3.63) is 51.7 Å². The molecule has 0 saturated heterocycles. The maximum absolute atomic E-state index is 10.9. The number of halogens is 1. The van der Waals surface area contributed by atoms with Gasteiger partial charge in [0.05, 0.1) is 11.0 Å². The van der Waals surface area contributed by atoms with Crippen LogP contribution in [0.15, 0.2) is 30.7 Å². The minimum Gasteiger partial charge on any atom is -0.358 e. The second kappa shape index (κ2) is 5.57. The third-order valence-corrected chi connectivity index (χ3v) is 2.68. The summed E-state index contributed by atoms with van der Waals surface area (Å²) in [5, 5.41) is 13.8. The van der Waals surface area contributed by atoms with E-state index in [-0.39, 0.29) is 22.8 Å². The molecule has 0 spiro atoms. The number of hydrogen-bond donors (Lipinski definition) is 1. The first kappa shape index (κ1) is 13.2. The Bertz CT molecular complexity index is 593. The van der Waals surface area contributed by atoms with E-state index < -0.39 is 4.92 Å². The van der Waals surface area contributed by atoms with Crippen LogP contribution in [0.2, 0.25) is 5.28 Å². The topological polar surface area (TPSA) is 93.8 Å². The van der Waals surface area contributed by atoms with Gasteiger partial charge in [-0.25, -0.2) is 4.98 Å². The zero-order valence-corrected chi connectivity index (χ0v) is 10.7. The van der Waals surface area contributed by atoms with Crippen molar-refractivity contribution < 1.29 is 4.92 Å². The normalized spacial score (nSPS) is 11.9. The summed E-state index contributed by atoms with van der Waals surface area (Å²) >= 11 is 5.66. The number of nitro groups is 1. The predicted octanol–water partition coefficient (Wildman–Crippen LogP) is 2.61. The lowest BCUT2D eigenvalue weighted by molar-refractivity contribution is -0.384. The molecule has 7 nitrogen and oxygen atoms in total. The molecule has 0 fully saturated rings. The van der Waals surface area contributed by atoms with E-state index in [2.05, 4.69) is 20.3 Å². The van der Waals surface area contributed by atoms with Crippen LogP contribution >= 0.6 is 11.6 Å². The van der Waals surface area contributed by atoms with Crippen LogP contribution in [0.3, 0.4) is 0 Å². The minimum atomic E-state index is -0.558. The van der Waals surface area contributed by atoms with Crippen molar-refractivity contribution in [3.8, 4) is 0 Å². The molecule has 2 rings (SSSR count). The van der Waals surface area contributed by atoms with Crippen LogP contribution in [0.5, 0.6) is 0 Å². The SMILES string of the molecule is CC(Nc1nc(Cl)ncc1[N+](=O)[O-])c1ccncc1. The second-order valence-electron chi connectivity index (χ2n) is 3.78. The fraction of sp³-hybridized carbons (Fsp3) is 0.182. The first-order chi connectivity index (χ1) is 9.08. The van der Waals surface area contributed by atoms with Gasteiger partial charge in [0.2, 0.25) is 11.1 Å². The van der Waals surface area contributed by atoms with E-state index in [1.165, 1.54) is 0 Å². The van der Waals surface area contributed by atoms with Gasteiger partial charge in [0.25, 0.3) is 0 Å². The third kappa shape index (κ3) is 3.14. The Morgan fingerprint density at radius 1 is 1.42 bits per heavy atom. The van der Waals surface area contributed by atoms with Crippen LogP contribution in [0.4, 0.5) is 11.5 Å². The average molecular weight is 280 g/mol. The van der Waals surface area contributed by atoms with Crippen molar-refractivity contribution in [1.82, 2.24) is 15.0 Å². The highest BCUT2D eigenvalue weighted by Gasteiger charge is 2.18. The van der Waals surface area contributed by atoms with Crippen LogP contribution in [-0.2, 0) is 0 Å². The van der Waals surface area contributed by atoms with Crippen LogP contribution in [0.25, 0.3) is 0 Å². The molecule has 0 amide bonds. The van der Waals surface area contributed by atoms with Gasteiger partial charge in [-0.15, -0.1) is 0 Å². The van der Waals surface area contributed by atoms with Gasteiger partial charge in [-0.2, -0.15) is 4.98 Å². The zero-order chi connectivity index (χ0) is 13.8. The molecule has 0 aliphatic carbocycles. The number of hydrogen-bond acceptors (Lipinski definition) is 6. The van der Waals surface area contributed by atoms with E-state index in [1.54, 1.807) is 12.4 Å². The monoisotopic (exact) mass is 279 g/mol. The molecule has 0 bridgehead atoms. The van der Waals surface area contributed by atoms with Crippen molar-refractivity contribution in [1.29, 1.82) is 0 Å². The smallest absolute Gasteiger partial charge is 0.329 e.